The van der Waals surface area contributed by atoms with Gasteiger partial charge in [-0.05, 0) is 19.1 Å². The Bertz CT molecular complexity index is 272. The van der Waals surface area contributed by atoms with Gasteiger partial charge < -0.3 is 7.27 Å². The van der Waals surface area contributed by atoms with E-state index in [1.165, 1.54) is 13.2 Å². The van der Waals surface area contributed by atoms with Crippen molar-refractivity contribution in [2.45, 2.75) is 13.3 Å². The summed E-state index contributed by atoms with van der Waals surface area (Å²) in [6.07, 6.45) is 1.33. The molecule has 0 aliphatic carbocycles. The van der Waals surface area contributed by atoms with Crippen LogP contribution in [0.2, 0.25) is 0 Å². The van der Waals surface area contributed by atoms with Crippen LogP contribution in [0.25, 0.3) is 0 Å². The molecule has 12 heavy (non-hydrogen) atoms. The van der Waals surface area contributed by atoms with Crippen molar-refractivity contribution in [3.05, 3.63) is 24.2 Å². The minimum absolute atomic E-state index is 0. The van der Waals surface area contributed by atoms with Crippen LogP contribution in [-0.4, -0.2) is 49.3 Å². The molecule has 1 aromatic heterocycles. The SMILES string of the molecule is CC(=O)CC(=O)c1ccco1.[Ca+2].[H-].[H-]. The zero-order chi connectivity index (χ0) is 8.27. The summed E-state index contributed by atoms with van der Waals surface area (Å²) in [6.45, 7) is 1.38. The average molecular weight is 194 g/mol. The van der Waals surface area contributed by atoms with Gasteiger partial charge in [-0.3, -0.25) is 9.59 Å². The van der Waals surface area contributed by atoms with Crippen LogP contribution in [0.15, 0.2) is 22.8 Å². The Kier molecular flexibility index (Phi) is 5.46. The fourth-order valence-electron chi connectivity index (χ4n) is 0.750. The normalized spacial score (nSPS) is 8.75. The molecule has 0 bridgehead atoms. The van der Waals surface area contributed by atoms with E-state index in [-0.39, 0.29) is 64.3 Å². The first-order valence-corrected chi connectivity index (χ1v) is 3.26. The molecular weight excluding hydrogens is 184 g/mol. The summed E-state index contributed by atoms with van der Waals surface area (Å²) < 4.78 is 4.79. The largest absolute Gasteiger partial charge is 2.00 e. The van der Waals surface area contributed by atoms with Gasteiger partial charge in [0.25, 0.3) is 0 Å². The fraction of sp³-hybridized carbons (Fsp3) is 0.250. The zero-order valence-electron chi connectivity index (χ0n) is 8.87. The van der Waals surface area contributed by atoms with Gasteiger partial charge in [-0.1, -0.05) is 0 Å². The van der Waals surface area contributed by atoms with Gasteiger partial charge in [-0.15, -0.1) is 0 Å². The number of Topliss-reactive ketones (excluding diaryl/α,β-unsaturated/α-hetero) is 2. The standard InChI is InChI=1S/C8H8O3.Ca.2H/c1-6(9)5-7(10)8-3-2-4-11-8;;;/h2-4H,5H2,1H3;;;/q;+2;2*-1. The van der Waals surface area contributed by atoms with Crippen LogP contribution in [0.4, 0.5) is 0 Å². The van der Waals surface area contributed by atoms with Gasteiger partial charge in [0.1, 0.15) is 5.78 Å². The third-order valence-corrected chi connectivity index (χ3v) is 1.21. The third-order valence-electron chi connectivity index (χ3n) is 1.21. The molecule has 0 saturated carbocycles. The molecule has 0 amide bonds. The van der Waals surface area contributed by atoms with Gasteiger partial charge >= 0.3 is 37.7 Å². The van der Waals surface area contributed by atoms with Crippen LogP contribution in [0.5, 0.6) is 0 Å². The summed E-state index contributed by atoms with van der Waals surface area (Å²) in [5.74, 6) is -0.158. The Morgan fingerprint density at radius 1 is 1.58 bits per heavy atom. The summed E-state index contributed by atoms with van der Waals surface area (Å²) in [6, 6.07) is 3.17. The number of furan rings is 1. The van der Waals surface area contributed by atoms with Crippen LogP contribution in [0, 0.1) is 0 Å². The molecular formula is C8H10CaO3. The van der Waals surface area contributed by atoms with Crippen molar-refractivity contribution in [2.75, 3.05) is 0 Å². The molecule has 62 valence electrons. The van der Waals surface area contributed by atoms with Gasteiger partial charge in [0, 0.05) is 0 Å². The van der Waals surface area contributed by atoms with Crippen molar-refractivity contribution in [3.8, 4) is 0 Å². The Hall–Kier alpha value is -0.120. The van der Waals surface area contributed by atoms with Crippen LogP contribution < -0.4 is 0 Å². The predicted octanol–water partition coefficient (Wildman–Crippen LogP) is 1.29. The van der Waals surface area contributed by atoms with Crippen LogP contribution in [-0.2, 0) is 4.79 Å². The van der Waals surface area contributed by atoms with Crippen molar-refractivity contribution >= 4 is 49.3 Å². The van der Waals surface area contributed by atoms with E-state index in [0.29, 0.717) is 0 Å². The molecule has 0 radical (unpaired) electrons. The molecule has 0 saturated heterocycles. The Morgan fingerprint density at radius 3 is 2.67 bits per heavy atom. The Morgan fingerprint density at radius 2 is 2.25 bits per heavy atom. The molecule has 3 nitrogen and oxygen atoms in total. The van der Waals surface area contributed by atoms with Gasteiger partial charge in [-0.25, -0.2) is 0 Å². The first-order valence-electron chi connectivity index (χ1n) is 3.26. The molecule has 0 unspecified atom stereocenters. The maximum Gasteiger partial charge on any atom is 2.00 e. The van der Waals surface area contributed by atoms with Crippen LogP contribution >= 0.6 is 0 Å². The topological polar surface area (TPSA) is 47.3 Å². The van der Waals surface area contributed by atoms with Gasteiger partial charge in [0.05, 0.1) is 12.7 Å². The second-order valence-electron chi connectivity index (χ2n) is 2.28. The molecule has 0 aliphatic rings. The predicted molar refractivity (Wildman–Crippen MR) is 46.3 cm³/mol. The molecule has 0 aromatic carbocycles. The molecule has 4 heteroatoms. The molecule has 1 aromatic rings. The minimum Gasteiger partial charge on any atom is -1.00 e. The van der Waals surface area contributed by atoms with Crippen molar-refractivity contribution in [1.29, 1.82) is 0 Å². The van der Waals surface area contributed by atoms with E-state index in [2.05, 4.69) is 0 Å². The maximum atomic E-state index is 11.0. The minimum atomic E-state index is -0.262. The van der Waals surface area contributed by atoms with Crippen molar-refractivity contribution in [1.82, 2.24) is 0 Å². The van der Waals surface area contributed by atoms with E-state index in [1.807, 2.05) is 0 Å². The molecule has 1 heterocycles. The summed E-state index contributed by atoms with van der Waals surface area (Å²) in [5, 5.41) is 0. The second-order valence-corrected chi connectivity index (χ2v) is 2.28. The third kappa shape index (κ3) is 3.52. The van der Waals surface area contributed by atoms with E-state index in [0.717, 1.165) is 0 Å². The molecule has 1 rings (SSSR count). The van der Waals surface area contributed by atoms with Gasteiger partial charge in [0.2, 0.25) is 5.78 Å². The number of carbonyl (C=O) groups excluding carboxylic acids is 2. The number of hydrogen-bond donors (Lipinski definition) is 0. The van der Waals surface area contributed by atoms with Crippen LogP contribution in [0.1, 0.15) is 26.8 Å². The van der Waals surface area contributed by atoms with Gasteiger partial charge in [-0.2, -0.15) is 0 Å². The van der Waals surface area contributed by atoms with E-state index in [9.17, 15) is 9.59 Å². The van der Waals surface area contributed by atoms with E-state index < -0.39 is 0 Å². The van der Waals surface area contributed by atoms with Crippen molar-refractivity contribution in [2.24, 2.45) is 0 Å². The monoisotopic (exact) mass is 194 g/mol. The Balaban J connectivity index is -0.000000403. The van der Waals surface area contributed by atoms with E-state index in [1.54, 1.807) is 12.1 Å². The first-order chi connectivity index (χ1) is 5.20. The second kappa shape index (κ2) is 5.51. The number of hydrogen-bond acceptors (Lipinski definition) is 3. The summed E-state index contributed by atoms with van der Waals surface area (Å²) in [7, 11) is 0. The molecule has 0 spiro atoms. The quantitative estimate of drug-likeness (QED) is 0.414. The molecule has 0 atom stereocenters. The van der Waals surface area contributed by atoms with Crippen molar-refractivity contribution < 1.29 is 16.9 Å². The number of rotatable bonds is 3. The van der Waals surface area contributed by atoms with Crippen LogP contribution in [0.3, 0.4) is 0 Å². The average Bonchev–Trinajstić information content (AvgIpc) is 2.35. The number of carbonyl (C=O) groups is 2. The van der Waals surface area contributed by atoms with Crippen molar-refractivity contribution in [3.63, 3.8) is 0 Å². The first kappa shape index (κ1) is 11.9. The van der Waals surface area contributed by atoms with Gasteiger partial charge in [0.15, 0.2) is 5.76 Å². The molecule has 0 fully saturated rings. The van der Waals surface area contributed by atoms with E-state index >= 15 is 0 Å². The molecule has 0 aliphatic heterocycles. The summed E-state index contributed by atoms with van der Waals surface area (Å²) >= 11 is 0. The summed E-state index contributed by atoms with van der Waals surface area (Å²) in [5.41, 5.74) is 0. The fourth-order valence-corrected chi connectivity index (χ4v) is 0.750. The maximum absolute atomic E-state index is 11.0. The molecule has 0 N–H and O–H groups in total. The smallest absolute Gasteiger partial charge is 1.00 e. The Labute approximate surface area is 103 Å². The van der Waals surface area contributed by atoms with E-state index in [4.69, 9.17) is 4.42 Å². The zero-order valence-corrected chi connectivity index (χ0v) is 9.08. The number of ketones is 2. The summed E-state index contributed by atoms with van der Waals surface area (Å²) in [4.78, 5) is 21.5.